The van der Waals surface area contributed by atoms with E-state index in [0.29, 0.717) is 12.0 Å². The van der Waals surface area contributed by atoms with E-state index < -0.39 is 0 Å². The Balaban J connectivity index is 1.70. The summed E-state index contributed by atoms with van der Waals surface area (Å²) in [6, 6.07) is 6.44. The van der Waals surface area contributed by atoms with Gasteiger partial charge in [0, 0.05) is 22.1 Å². The summed E-state index contributed by atoms with van der Waals surface area (Å²) < 4.78 is 0.812. The van der Waals surface area contributed by atoms with Gasteiger partial charge in [-0.3, -0.25) is 4.79 Å². The molecule has 0 spiro atoms. The Morgan fingerprint density at radius 3 is 2.79 bits per heavy atom. The molecule has 0 bridgehead atoms. The number of hydrogen-bond acceptors (Lipinski definition) is 4. The molecule has 1 amide bonds. The lowest BCUT2D eigenvalue weighted by Gasteiger charge is -2.29. The molecule has 1 unspecified atom stereocenters. The van der Waals surface area contributed by atoms with Crippen LogP contribution in [0, 0.1) is 12.8 Å². The van der Waals surface area contributed by atoms with Crippen LogP contribution in [0.15, 0.2) is 52.1 Å². The van der Waals surface area contributed by atoms with E-state index >= 15 is 0 Å². The summed E-state index contributed by atoms with van der Waals surface area (Å²) >= 11 is 5.28. The molecule has 0 radical (unpaired) electrons. The summed E-state index contributed by atoms with van der Waals surface area (Å²) in [5.41, 5.74) is 5.00. The molecule has 1 saturated carbocycles. The number of hydrazone groups is 1. The molecule has 1 fully saturated rings. The van der Waals surface area contributed by atoms with Gasteiger partial charge in [-0.1, -0.05) is 25.1 Å². The van der Waals surface area contributed by atoms with Crippen molar-refractivity contribution in [3.05, 3.63) is 63.7 Å². The highest BCUT2D eigenvalue weighted by Crippen LogP contribution is 2.39. The standard InChI is InChI=1S/C22H24BrN3OS/c1-13-4-9-18-20(28-3)12-21(23)25-26(18)19(10-13)15-5-8-17(14(2)11-15)22(27)24-16-6-7-16/h5,8-13,16H,4,6-7H2,1-3H3,(H,24,27). The number of carbonyl (C=O) groups is 1. The first-order valence-corrected chi connectivity index (χ1v) is 11.6. The molecule has 3 aliphatic rings. The maximum Gasteiger partial charge on any atom is 0.251 e. The lowest BCUT2D eigenvalue weighted by molar-refractivity contribution is 0.0950. The Kier molecular flexibility index (Phi) is 5.52. The van der Waals surface area contributed by atoms with Gasteiger partial charge in [0.1, 0.15) is 4.62 Å². The number of carbonyl (C=O) groups excluding carboxylic acids is 1. The second-order valence-corrected chi connectivity index (χ2v) is 9.24. The first-order chi connectivity index (χ1) is 13.5. The monoisotopic (exact) mass is 457 g/mol. The zero-order chi connectivity index (χ0) is 19.8. The number of fused-ring (bicyclic) bond motifs is 1. The van der Waals surface area contributed by atoms with Crippen LogP contribution in [0.25, 0.3) is 5.70 Å². The molecule has 1 aromatic rings. The quantitative estimate of drug-likeness (QED) is 0.655. The predicted molar refractivity (Wildman–Crippen MR) is 121 cm³/mol. The van der Waals surface area contributed by atoms with Crippen molar-refractivity contribution >= 4 is 43.9 Å². The minimum Gasteiger partial charge on any atom is -0.349 e. The van der Waals surface area contributed by atoms with Crippen molar-refractivity contribution in [1.82, 2.24) is 10.3 Å². The van der Waals surface area contributed by atoms with Crippen LogP contribution in [-0.2, 0) is 0 Å². The van der Waals surface area contributed by atoms with Gasteiger partial charge in [0.25, 0.3) is 5.91 Å². The zero-order valence-electron chi connectivity index (χ0n) is 16.3. The van der Waals surface area contributed by atoms with E-state index in [2.05, 4.69) is 58.7 Å². The number of nitrogens with zero attached hydrogens (tertiary/aromatic N) is 2. The molecular formula is C22H24BrN3OS. The summed E-state index contributed by atoms with van der Waals surface area (Å²) in [5, 5.41) is 9.86. The Morgan fingerprint density at radius 1 is 1.32 bits per heavy atom. The van der Waals surface area contributed by atoms with Gasteiger partial charge in [-0.25, -0.2) is 5.01 Å². The molecule has 1 aromatic carbocycles. The lowest BCUT2D eigenvalue weighted by atomic mass is 10.00. The third-order valence-corrected chi connectivity index (χ3v) is 6.33. The average Bonchev–Trinajstić information content (AvgIpc) is 3.49. The van der Waals surface area contributed by atoms with Crippen molar-refractivity contribution in [3.63, 3.8) is 0 Å². The molecular weight excluding hydrogens is 434 g/mol. The Labute approximate surface area is 179 Å². The molecule has 1 N–H and O–H groups in total. The van der Waals surface area contributed by atoms with Gasteiger partial charge < -0.3 is 5.32 Å². The van der Waals surface area contributed by atoms with E-state index in [1.807, 2.05) is 24.1 Å². The van der Waals surface area contributed by atoms with E-state index in [-0.39, 0.29) is 5.91 Å². The molecule has 4 rings (SSSR count). The molecule has 28 heavy (non-hydrogen) atoms. The predicted octanol–water partition coefficient (Wildman–Crippen LogP) is 5.42. The number of hydrogen-bond donors (Lipinski definition) is 1. The molecule has 0 aromatic heterocycles. The van der Waals surface area contributed by atoms with Crippen molar-refractivity contribution in [2.75, 3.05) is 6.26 Å². The minimum absolute atomic E-state index is 0.0293. The summed E-state index contributed by atoms with van der Waals surface area (Å²) in [6.45, 7) is 4.23. The maximum atomic E-state index is 12.5. The van der Waals surface area contributed by atoms with Gasteiger partial charge in [0.05, 0.1) is 11.4 Å². The fraction of sp³-hybridized carbons (Fsp3) is 0.364. The molecule has 6 heteroatoms. The number of rotatable bonds is 4. The smallest absolute Gasteiger partial charge is 0.251 e. The van der Waals surface area contributed by atoms with Crippen LogP contribution < -0.4 is 5.32 Å². The highest BCUT2D eigenvalue weighted by atomic mass is 79.9. The molecule has 1 atom stereocenters. The van der Waals surface area contributed by atoms with Gasteiger partial charge in [-0.2, -0.15) is 5.10 Å². The highest BCUT2D eigenvalue weighted by molar-refractivity contribution is 9.18. The van der Waals surface area contributed by atoms with Crippen molar-refractivity contribution in [2.24, 2.45) is 11.0 Å². The first-order valence-electron chi connectivity index (χ1n) is 9.60. The first kappa shape index (κ1) is 19.5. The Morgan fingerprint density at radius 2 is 2.11 bits per heavy atom. The van der Waals surface area contributed by atoms with E-state index in [4.69, 9.17) is 5.10 Å². The van der Waals surface area contributed by atoms with Gasteiger partial charge in [0.15, 0.2) is 0 Å². The number of halogens is 1. The van der Waals surface area contributed by atoms with E-state index in [0.717, 1.165) is 52.0 Å². The van der Waals surface area contributed by atoms with E-state index in [1.54, 1.807) is 11.8 Å². The van der Waals surface area contributed by atoms with Crippen LogP contribution in [0.2, 0.25) is 0 Å². The number of amides is 1. The Hall–Kier alpha value is -1.79. The normalized spacial score (nSPS) is 21.7. The summed E-state index contributed by atoms with van der Waals surface area (Å²) in [7, 11) is 0. The summed E-state index contributed by atoms with van der Waals surface area (Å²) in [5.74, 6) is 0.435. The number of allylic oxidation sites excluding steroid dienone is 3. The highest BCUT2D eigenvalue weighted by Gasteiger charge is 2.27. The third kappa shape index (κ3) is 3.98. The molecule has 146 valence electrons. The summed E-state index contributed by atoms with van der Waals surface area (Å²) in [4.78, 5) is 13.7. The minimum atomic E-state index is 0.0293. The second kappa shape index (κ2) is 7.91. The fourth-order valence-electron chi connectivity index (χ4n) is 3.49. The topological polar surface area (TPSA) is 44.7 Å². The fourth-order valence-corrected chi connectivity index (χ4v) is 4.64. The SMILES string of the molecule is CSC1=CC(Br)=NN2C1=CCC(C)C=C2c1ccc(C(=O)NC2CC2)c(C)c1. The van der Waals surface area contributed by atoms with Crippen LogP contribution in [0.1, 0.15) is 47.7 Å². The lowest BCUT2D eigenvalue weighted by Crippen LogP contribution is -2.26. The Bertz CT molecular complexity index is 943. The van der Waals surface area contributed by atoms with Crippen molar-refractivity contribution < 1.29 is 4.79 Å². The second-order valence-electron chi connectivity index (χ2n) is 7.58. The van der Waals surface area contributed by atoms with Crippen LogP contribution >= 0.6 is 27.7 Å². The number of nitrogens with one attached hydrogen (secondary N) is 1. The van der Waals surface area contributed by atoms with Gasteiger partial charge >= 0.3 is 0 Å². The molecule has 0 saturated heterocycles. The molecule has 4 nitrogen and oxygen atoms in total. The molecule has 2 aliphatic heterocycles. The van der Waals surface area contributed by atoms with Gasteiger partial charge in [-0.05, 0) is 78.1 Å². The number of benzene rings is 1. The average molecular weight is 458 g/mol. The van der Waals surface area contributed by atoms with Crippen LogP contribution in [0.5, 0.6) is 0 Å². The van der Waals surface area contributed by atoms with Crippen LogP contribution in [0.3, 0.4) is 0 Å². The molecule has 1 aliphatic carbocycles. The van der Waals surface area contributed by atoms with Gasteiger partial charge in [-0.15, -0.1) is 11.8 Å². The van der Waals surface area contributed by atoms with E-state index in [9.17, 15) is 4.79 Å². The van der Waals surface area contributed by atoms with Crippen LogP contribution in [-0.4, -0.2) is 27.8 Å². The third-order valence-electron chi connectivity index (χ3n) is 5.18. The number of thioether (sulfide) groups is 1. The van der Waals surface area contributed by atoms with Crippen molar-refractivity contribution in [3.8, 4) is 0 Å². The summed E-state index contributed by atoms with van der Waals surface area (Å²) in [6.07, 6.45) is 11.9. The number of aryl methyl sites for hydroxylation is 1. The maximum absolute atomic E-state index is 12.5. The molecule has 2 heterocycles. The van der Waals surface area contributed by atoms with Crippen molar-refractivity contribution in [1.29, 1.82) is 0 Å². The van der Waals surface area contributed by atoms with E-state index in [1.165, 1.54) is 4.91 Å². The van der Waals surface area contributed by atoms with Gasteiger partial charge in [0.2, 0.25) is 0 Å². The van der Waals surface area contributed by atoms with Crippen molar-refractivity contribution in [2.45, 2.75) is 39.2 Å². The van der Waals surface area contributed by atoms with Crippen LogP contribution in [0.4, 0.5) is 0 Å². The zero-order valence-corrected chi connectivity index (χ0v) is 18.7. The largest absolute Gasteiger partial charge is 0.349 e.